The molecule has 33 heavy (non-hydrogen) atoms. The Balaban J connectivity index is 1.57. The number of hydrogen-bond donors (Lipinski definition) is 0. The van der Waals surface area contributed by atoms with E-state index in [2.05, 4.69) is 44.7 Å². The van der Waals surface area contributed by atoms with Crippen molar-refractivity contribution in [2.75, 3.05) is 26.2 Å². The second-order valence-electron chi connectivity index (χ2n) is 10.3. The molecule has 7 nitrogen and oxygen atoms in total. The van der Waals surface area contributed by atoms with Crippen LogP contribution in [0.15, 0.2) is 41.2 Å². The third kappa shape index (κ3) is 5.03. The molecular weight excluding hydrogens is 414 g/mol. The molecule has 1 fully saturated rings. The minimum Gasteiger partial charge on any atom is -0.340 e. The van der Waals surface area contributed by atoms with E-state index in [4.69, 9.17) is 4.98 Å². The van der Waals surface area contributed by atoms with Crippen molar-refractivity contribution < 1.29 is 4.79 Å². The largest absolute Gasteiger partial charge is 0.340 e. The minimum absolute atomic E-state index is 0.00544. The van der Waals surface area contributed by atoms with E-state index in [1.807, 2.05) is 33.7 Å². The molecule has 0 aliphatic carbocycles. The van der Waals surface area contributed by atoms with E-state index in [1.54, 1.807) is 11.6 Å². The van der Waals surface area contributed by atoms with Crippen LogP contribution in [0.25, 0.3) is 22.4 Å². The van der Waals surface area contributed by atoms with Gasteiger partial charge in [0.2, 0.25) is 5.91 Å². The Labute approximate surface area is 195 Å². The molecule has 0 saturated carbocycles. The van der Waals surface area contributed by atoms with Gasteiger partial charge >= 0.3 is 5.69 Å². The van der Waals surface area contributed by atoms with Crippen molar-refractivity contribution in [3.8, 4) is 11.3 Å². The van der Waals surface area contributed by atoms with Gasteiger partial charge in [-0.05, 0) is 35.6 Å². The van der Waals surface area contributed by atoms with Gasteiger partial charge in [0.15, 0.2) is 5.65 Å². The van der Waals surface area contributed by atoms with Crippen LogP contribution in [0.4, 0.5) is 0 Å². The number of pyridine rings is 1. The lowest BCUT2D eigenvalue weighted by Gasteiger charge is -2.34. The number of aromatic nitrogens is 3. The smallest absolute Gasteiger partial charge is 0.330 e. The molecule has 3 aromatic rings. The molecule has 1 aliphatic heterocycles. The van der Waals surface area contributed by atoms with E-state index in [9.17, 15) is 9.59 Å². The van der Waals surface area contributed by atoms with Gasteiger partial charge in [0.1, 0.15) is 0 Å². The zero-order valence-electron chi connectivity index (χ0n) is 20.5. The van der Waals surface area contributed by atoms with Gasteiger partial charge in [-0.15, -0.1) is 0 Å². The maximum atomic E-state index is 12.8. The Morgan fingerprint density at radius 1 is 1.06 bits per heavy atom. The Hall–Kier alpha value is -2.93. The summed E-state index contributed by atoms with van der Waals surface area (Å²) >= 11 is 0. The highest BCUT2D eigenvalue weighted by atomic mass is 16.2. The highest BCUT2D eigenvalue weighted by molar-refractivity contribution is 5.79. The number of imidazole rings is 1. The third-order valence-electron chi connectivity index (χ3n) is 6.13. The minimum atomic E-state index is -0.0368. The van der Waals surface area contributed by atoms with Crippen molar-refractivity contribution in [1.29, 1.82) is 0 Å². The Kier molecular flexibility index (Phi) is 6.43. The second-order valence-corrected chi connectivity index (χ2v) is 10.3. The van der Waals surface area contributed by atoms with Gasteiger partial charge < -0.3 is 4.90 Å². The summed E-state index contributed by atoms with van der Waals surface area (Å²) in [4.78, 5) is 34.2. The normalized spacial score (nSPS) is 15.5. The number of benzene rings is 1. The topological polar surface area (TPSA) is 63.4 Å². The maximum Gasteiger partial charge on any atom is 0.330 e. The van der Waals surface area contributed by atoms with Crippen LogP contribution in [0.5, 0.6) is 0 Å². The lowest BCUT2D eigenvalue weighted by Crippen LogP contribution is -2.49. The molecule has 0 unspecified atom stereocenters. The Morgan fingerprint density at radius 3 is 2.55 bits per heavy atom. The Morgan fingerprint density at radius 2 is 1.85 bits per heavy atom. The molecule has 176 valence electrons. The molecule has 1 amide bonds. The number of nitrogens with zero attached hydrogens (tertiary/aromatic N) is 5. The van der Waals surface area contributed by atoms with E-state index in [-0.39, 0.29) is 17.0 Å². The predicted octanol–water partition coefficient (Wildman–Crippen LogP) is 3.50. The Bertz CT molecular complexity index is 1220. The summed E-state index contributed by atoms with van der Waals surface area (Å²) in [5.41, 5.74) is 4.54. The first-order valence-corrected chi connectivity index (χ1v) is 11.8. The van der Waals surface area contributed by atoms with Crippen molar-refractivity contribution in [3.63, 3.8) is 0 Å². The van der Waals surface area contributed by atoms with E-state index in [0.717, 1.165) is 54.9 Å². The van der Waals surface area contributed by atoms with Gasteiger partial charge in [-0.2, -0.15) is 0 Å². The average Bonchev–Trinajstić information content (AvgIpc) is 2.99. The van der Waals surface area contributed by atoms with Crippen LogP contribution in [0.2, 0.25) is 0 Å². The number of piperazine rings is 1. The standard InChI is InChI=1S/C26H35N5O2/c1-6-12-30-14-13-29(17-23(30)32)16-19-8-7-9-20(15-19)21-10-11-22-24(27-21)28(5)25(33)31(22)18-26(2,3)4/h7-11,15H,6,12-14,16-18H2,1-5H3. The van der Waals surface area contributed by atoms with Crippen LogP contribution in [0, 0.1) is 5.41 Å². The number of aryl methyl sites for hydroxylation is 1. The first-order valence-electron chi connectivity index (χ1n) is 11.8. The van der Waals surface area contributed by atoms with Gasteiger partial charge in [0.25, 0.3) is 0 Å². The molecule has 2 aromatic heterocycles. The molecule has 4 rings (SSSR count). The summed E-state index contributed by atoms with van der Waals surface area (Å²) in [7, 11) is 1.78. The fourth-order valence-corrected chi connectivity index (χ4v) is 4.55. The number of fused-ring (bicyclic) bond motifs is 1. The van der Waals surface area contributed by atoms with Crippen molar-refractivity contribution in [1.82, 2.24) is 23.9 Å². The molecule has 0 bridgehead atoms. The van der Waals surface area contributed by atoms with E-state index in [0.29, 0.717) is 18.7 Å². The first kappa shape index (κ1) is 23.2. The van der Waals surface area contributed by atoms with E-state index >= 15 is 0 Å². The highest BCUT2D eigenvalue weighted by Crippen LogP contribution is 2.24. The zero-order chi connectivity index (χ0) is 23.8. The monoisotopic (exact) mass is 449 g/mol. The lowest BCUT2D eigenvalue weighted by molar-refractivity contribution is -0.136. The molecule has 0 spiro atoms. The summed E-state index contributed by atoms with van der Waals surface area (Å²) in [5, 5.41) is 0. The van der Waals surface area contributed by atoms with E-state index < -0.39 is 0 Å². The van der Waals surface area contributed by atoms with Gasteiger partial charge in [0, 0.05) is 45.3 Å². The first-order chi connectivity index (χ1) is 15.7. The summed E-state index contributed by atoms with van der Waals surface area (Å²) in [6, 6.07) is 12.3. The van der Waals surface area contributed by atoms with Gasteiger partial charge in [-0.3, -0.25) is 18.8 Å². The summed E-state index contributed by atoms with van der Waals surface area (Å²) < 4.78 is 3.45. The SMILES string of the molecule is CCCN1CCN(Cc2cccc(-c3ccc4c(n3)n(C)c(=O)n4CC(C)(C)C)c2)CC1=O. The quantitative estimate of drug-likeness (QED) is 0.578. The van der Waals surface area contributed by atoms with Crippen LogP contribution in [0.3, 0.4) is 0 Å². The molecule has 3 heterocycles. The van der Waals surface area contributed by atoms with E-state index in [1.165, 1.54) is 0 Å². The fraction of sp³-hybridized carbons (Fsp3) is 0.500. The molecule has 1 aromatic carbocycles. The van der Waals surface area contributed by atoms with Crippen LogP contribution in [-0.2, 0) is 24.9 Å². The van der Waals surface area contributed by atoms with Crippen molar-refractivity contribution >= 4 is 17.1 Å². The second kappa shape index (κ2) is 9.14. The summed E-state index contributed by atoms with van der Waals surface area (Å²) in [6.45, 7) is 12.9. The van der Waals surface area contributed by atoms with Crippen molar-refractivity contribution in [2.24, 2.45) is 12.5 Å². The molecule has 0 atom stereocenters. The third-order valence-corrected chi connectivity index (χ3v) is 6.13. The number of amides is 1. The van der Waals surface area contributed by atoms with Crippen LogP contribution >= 0.6 is 0 Å². The zero-order valence-corrected chi connectivity index (χ0v) is 20.5. The van der Waals surface area contributed by atoms with Crippen LogP contribution in [0.1, 0.15) is 39.7 Å². The van der Waals surface area contributed by atoms with Crippen LogP contribution < -0.4 is 5.69 Å². The lowest BCUT2D eigenvalue weighted by atomic mass is 9.97. The van der Waals surface area contributed by atoms with Crippen LogP contribution in [-0.4, -0.2) is 56.0 Å². The number of carbonyl (C=O) groups excluding carboxylic acids is 1. The number of hydrogen-bond acceptors (Lipinski definition) is 4. The molecule has 0 radical (unpaired) electrons. The highest BCUT2D eigenvalue weighted by Gasteiger charge is 2.23. The molecular formula is C26H35N5O2. The van der Waals surface area contributed by atoms with Gasteiger partial charge in [-0.25, -0.2) is 9.78 Å². The maximum absolute atomic E-state index is 12.8. The molecule has 7 heteroatoms. The molecule has 1 aliphatic rings. The van der Waals surface area contributed by atoms with Gasteiger partial charge in [0.05, 0.1) is 17.8 Å². The molecule has 1 saturated heterocycles. The fourth-order valence-electron chi connectivity index (χ4n) is 4.55. The van der Waals surface area contributed by atoms with Gasteiger partial charge in [-0.1, -0.05) is 45.9 Å². The predicted molar refractivity (Wildman–Crippen MR) is 132 cm³/mol. The molecule has 0 N–H and O–H groups in total. The summed E-state index contributed by atoms with van der Waals surface area (Å²) in [6.07, 6.45) is 0.996. The summed E-state index contributed by atoms with van der Waals surface area (Å²) in [5.74, 6) is 0.215. The number of carbonyl (C=O) groups is 1. The number of rotatable bonds is 6. The van der Waals surface area contributed by atoms with Crippen molar-refractivity contribution in [2.45, 2.75) is 47.2 Å². The van der Waals surface area contributed by atoms with Crippen molar-refractivity contribution in [3.05, 3.63) is 52.4 Å². The average molecular weight is 450 g/mol.